The van der Waals surface area contributed by atoms with Crippen molar-refractivity contribution >= 4 is 17.9 Å². The Morgan fingerprint density at radius 1 is 1.00 bits per heavy atom. The molecule has 0 fully saturated rings. The van der Waals surface area contributed by atoms with Crippen LogP contribution in [0.5, 0.6) is 17.2 Å². The van der Waals surface area contributed by atoms with Crippen LogP contribution in [0.2, 0.25) is 0 Å². The Bertz CT molecular complexity index is 848. The van der Waals surface area contributed by atoms with Crippen LogP contribution in [0.25, 0.3) is 6.08 Å². The van der Waals surface area contributed by atoms with Crippen molar-refractivity contribution < 1.29 is 23.8 Å². The highest BCUT2D eigenvalue weighted by atomic mass is 16.5. The van der Waals surface area contributed by atoms with Gasteiger partial charge in [0, 0.05) is 6.08 Å². The second-order valence-electron chi connectivity index (χ2n) is 5.77. The van der Waals surface area contributed by atoms with Gasteiger partial charge in [-0.2, -0.15) is 0 Å². The summed E-state index contributed by atoms with van der Waals surface area (Å²) in [7, 11) is 1.56. The molecule has 28 heavy (non-hydrogen) atoms. The first-order valence-electron chi connectivity index (χ1n) is 8.79. The molecule has 0 radical (unpaired) electrons. The number of para-hydroxylation sites is 1. The molecule has 0 aliphatic heterocycles. The highest BCUT2D eigenvalue weighted by Crippen LogP contribution is 2.28. The van der Waals surface area contributed by atoms with Gasteiger partial charge in [-0.15, -0.1) is 0 Å². The Morgan fingerprint density at radius 2 is 1.79 bits per heavy atom. The summed E-state index contributed by atoms with van der Waals surface area (Å²) >= 11 is 0. The molecule has 0 atom stereocenters. The minimum absolute atomic E-state index is 0.203. The smallest absolute Gasteiger partial charge is 0.276 e. The van der Waals surface area contributed by atoms with Gasteiger partial charge in [0.05, 0.1) is 13.7 Å². The molecule has 7 nitrogen and oxygen atoms in total. The Balaban J connectivity index is 1.82. The fourth-order valence-corrected chi connectivity index (χ4v) is 2.31. The van der Waals surface area contributed by atoms with E-state index < -0.39 is 11.8 Å². The van der Waals surface area contributed by atoms with E-state index in [0.717, 1.165) is 11.1 Å². The zero-order valence-corrected chi connectivity index (χ0v) is 16.2. The van der Waals surface area contributed by atoms with Gasteiger partial charge in [0.1, 0.15) is 5.75 Å². The Hall–Kier alpha value is -3.48. The minimum Gasteiger partial charge on any atom is -0.493 e. The quantitative estimate of drug-likeness (QED) is 0.540. The summed E-state index contributed by atoms with van der Waals surface area (Å²) in [6.07, 6.45) is 2.91. The third kappa shape index (κ3) is 6.35. The summed E-state index contributed by atoms with van der Waals surface area (Å²) in [4.78, 5) is 23.7. The highest BCUT2D eigenvalue weighted by Gasteiger charge is 2.06. The number of carbonyl (C=O) groups is 2. The fourth-order valence-electron chi connectivity index (χ4n) is 2.31. The fraction of sp³-hybridized carbons (Fsp3) is 0.238. The SMILES string of the molecule is CCOc1cc(/C=C/C(=O)NNC(=O)COc2ccccc2C)ccc1OC. The van der Waals surface area contributed by atoms with Crippen molar-refractivity contribution in [2.45, 2.75) is 13.8 Å². The van der Waals surface area contributed by atoms with E-state index in [4.69, 9.17) is 14.2 Å². The van der Waals surface area contributed by atoms with Crippen molar-refractivity contribution in [3.63, 3.8) is 0 Å². The van der Waals surface area contributed by atoms with Gasteiger partial charge >= 0.3 is 0 Å². The van der Waals surface area contributed by atoms with Gasteiger partial charge in [0.15, 0.2) is 18.1 Å². The third-order valence-electron chi connectivity index (χ3n) is 3.69. The zero-order chi connectivity index (χ0) is 20.4. The molecule has 0 unspecified atom stereocenters. The molecule has 0 aromatic heterocycles. The first-order chi connectivity index (χ1) is 13.5. The average Bonchev–Trinajstić information content (AvgIpc) is 2.70. The van der Waals surface area contributed by atoms with Gasteiger partial charge in [-0.05, 0) is 49.2 Å². The molecular weight excluding hydrogens is 360 g/mol. The maximum absolute atomic E-state index is 11.9. The molecule has 0 saturated heterocycles. The van der Waals surface area contributed by atoms with Crippen molar-refractivity contribution in [1.29, 1.82) is 0 Å². The maximum atomic E-state index is 11.9. The molecule has 7 heteroatoms. The van der Waals surface area contributed by atoms with Gasteiger partial charge in [-0.25, -0.2) is 0 Å². The van der Waals surface area contributed by atoms with Gasteiger partial charge in [-0.1, -0.05) is 24.3 Å². The van der Waals surface area contributed by atoms with Crippen molar-refractivity contribution in [2.75, 3.05) is 20.3 Å². The van der Waals surface area contributed by atoms with Crippen molar-refractivity contribution in [3.05, 3.63) is 59.7 Å². The number of rotatable bonds is 8. The molecule has 2 aromatic rings. The van der Waals surface area contributed by atoms with Gasteiger partial charge in [-0.3, -0.25) is 20.4 Å². The predicted octanol–water partition coefficient (Wildman–Crippen LogP) is 2.64. The lowest BCUT2D eigenvalue weighted by atomic mass is 10.2. The minimum atomic E-state index is -0.474. The number of nitrogens with one attached hydrogen (secondary N) is 2. The lowest BCUT2D eigenvalue weighted by Crippen LogP contribution is -2.43. The van der Waals surface area contributed by atoms with Crippen molar-refractivity contribution in [3.8, 4) is 17.2 Å². The summed E-state index contributed by atoms with van der Waals surface area (Å²) < 4.78 is 16.1. The first kappa shape index (κ1) is 20.8. The van der Waals surface area contributed by atoms with Gasteiger partial charge in [0.25, 0.3) is 11.8 Å². The summed E-state index contributed by atoms with van der Waals surface area (Å²) in [6, 6.07) is 12.7. The van der Waals surface area contributed by atoms with Gasteiger partial charge < -0.3 is 14.2 Å². The van der Waals surface area contributed by atoms with E-state index in [0.29, 0.717) is 23.9 Å². The molecule has 2 N–H and O–H groups in total. The second-order valence-corrected chi connectivity index (χ2v) is 5.77. The Labute approximate surface area is 164 Å². The third-order valence-corrected chi connectivity index (χ3v) is 3.69. The molecule has 0 aliphatic carbocycles. The number of ether oxygens (including phenoxy) is 3. The van der Waals surface area contributed by atoms with Crippen LogP contribution in [0.15, 0.2) is 48.5 Å². The Morgan fingerprint density at radius 3 is 2.50 bits per heavy atom. The summed E-state index contributed by atoms with van der Waals surface area (Å²) in [5.74, 6) is 0.887. The number of hydrogen-bond donors (Lipinski definition) is 2. The van der Waals surface area contributed by atoms with E-state index in [1.54, 1.807) is 37.5 Å². The summed E-state index contributed by atoms with van der Waals surface area (Å²) in [6.45, 7) is 4.06. The standard InChI is InChI=1S/C21H24N2O5/c1-4-27-19-13-16(9-11-18(19)26-3)10-12-20(24)22-23-21(25)14-28-17-8-6-5-7-15(17)2/h5-13H,4,14H2,1-3H3,(H,22,24)(H,23,25)/b12-10+. The van der Waals surface area contributed by atoms with Crippen LogP contribution < -0.4 is 25.1 Å². The van der Waals surface area contributed by atoms with E-state index in [2.05, 4.69) is 10.9 Å². The topological polar surface area (TPSA) is 85.9 Å². The maximum Gasteiger partial charge on any atom is 0.276 e. The second kappa shape index (κ2) is 10.6. The first-order valence-corrected chi connectivity index (χ1v) is 8.79. The van der Waals surface area contributed by atoms with E-state index >= 15 is 0 Å². The van der Waals surface area contributed by atoms with Crippen LogP contribution in [0.4, 0.5) is 0 Å². The van der Waals surface area contributed by atoms with Crippen LogP contribution in [0.1, 0.15) is 18.1 Å². The molecule has 0 bridgehead atoms. The largest absolute Gasteiger partial charge is 0.493 e. The molecular formula is C21H24N2O5. The van der Waals surface area contributed by atoms with Gasteiger partial charge in [0.2, 0.25) is 0 Å². The number of hydrazine groups is 1. The monoisotopic (exact) mass is 384 g/mol. The van der Waals surface area contributed by atoms with E-state index in [1.165, 1.54) is 6.08 Å². The van der Waals surface area contributed by atoms with Crippen molar-refractivity contribution in [1.82, 2.24) is 10.9 Å². The average molecular weight is 384 g/mol. The molecule has 0 spiro atoms. The van der Waals surface area contributed by atoms with Crippen LogP contribution in [0, 0.1) is 6.92 Å². The highest BCUT2D eigenvalue weighted by molar-refractivity contribution is 5.93. The number of aryl methyl sites for hydroxylation is 1. The van der Waals surface area contributed by atoms with E-state index in [-0.39, 0.29) is 6.61 Å². The zero-order valence-electron chi connectivity index (χ0n) is 16.2. The lowest BCUT2D eigenvalue weighted by molar-refractivity contribution is -0.128. The molecule has 2 aromatic carbocycles. The predicted molar refractivity (Wildman–Crippen MR) is 106 cm³/mol. The van der Waals surface area contributed by atoms with Crippen LogP contribution in [0.3, 0.4) is 0 Å². The number of methoxy groups -OCH3 is 1. The number of carbonyl (C=O) groups excluding carboxylic acids is 2. The number of hydrogen-bond acceptors (Lipinski definition) is 5. The number of amides is 2. The van der Waals surface area contributed by atoms with E-state index in [9.17, 15) is 9.59 Å². The van der Waals surface area contributed by atoms with Crippen LogP contribution in [-0.4, -0.2) is 32.1 Å². The summed E-state index contributed by atoms with van der Waals surface area (Å²) in [5.41, 5.74) is 6.29. The normalized spacial score (nSPS) is 10.4. The van der Waals surface area contributed by atoms with Crippen LogP contribution in [-0.2, 0) is 9.59 Å². The van der Waals surface area contributed by atoms with Crippen LogP contribution >= 0.6 is 0 Å². The molecule has 0 heterocycles. The number of benzene rings is 2. The lowest BCUT2D eigenvalue weighted by Gasteiger charge is -2.10. The Kier molecular flexibility index (Phi) is 7.90. The molecule has 0 aliphatic rings. The van der Waals surface area contributed by atoms with Crippen molar-refractivity contribution in [2.24, 2.45) is 0 Å². The summed E-state index contributed by atoms with van der Waals surface area (Å²) in [5, 5.41) is 0. The molecule has 2 rings (SSSR count). The van der Waals surface area contributed by atoms with E-state index in [1.807, 2.05) is 32.0 Å². The molecule has 2 amide bonds. The molecule has 148 valence electrons. The molecule has 0 saturated carbocycles.